The topological polar surface area (TPSA) is 59.5 Å². The summed E-state index contributed by atoms with van der Waals surface area (Å²) in [5.41, 5.74) is 9.11. The Balaban J connectivity index is 2.04. The first-order valence-corrected chi connectivity index (χ1v) is 6.34. The molecule has 0 atom stereocenters. The molecule has 1 fully saturated rings. The van der Waals surface area contributed by atoms with E-state index in [2.05, 4.69) is 26.3 Å². The molecule has 0 aromatic carbocycles. The Morgan fingerprint density at radius 3 is 2.78 bits per heavy atom. The van der Waals surface area contributed by atoms with Gasteiger partial charge in [0, 0.05) is 25.0 Å². The summed E-state index contributed by atoms with van der Waals surface area (Å²) in [4.78, 5) is 11.2. The third-order valence-corrected chi connectivity index (χ3v) is 3.74. The summed E-state index contributed by atoms with van der Waals surface area (Å²) in [6, 6.07) is 0. The average molecular weight is 245 g/mol. The van der Waals surface area contributed by atoms with Crippen LogP contribution < -0.4 is 5.73 Å². The Labute approximate surface area is 107 Å². The minimum absolute atomic E-state index is 0.572. The van der Waals surface area contributed by atoms with Gasteiger partial charge in [0.1, 0.15) is 17.2 Å². The highest BCUT2D eigenvalue weighted by atomic mass is 15.2. The maximum atomic E-state index is 5.96. The lowest BCUT2D eigenvalue weighted by Crippen LogP contribution is -2.44. The third-order valence-electron chi connectivity index (χ3n) is 3.74. The van der Waals surface area contributed by atoms with Crippen LogP contribution in [0.25, 0.3) is 5.52 Å². The fourth-order valence-corrected chi connectivity index (χ4v) is 2.98. The summed E-state index contributed by atoms with van der Waals surface area (Å²) < 4.78 is 2.16. The highest BCUT2D eigenvalue weighted by Crippen LogP contribution is 2.23. The van der Waals surface area contributed by atoms with Gasteiger partial charge in [-0.3, -0.25) is 4.40 Å². The van der Waals surface area contributed by atoms with Gasteiger partial charge in [0.25, 0.3) is 0 Å². The molecule has 2 aromatic rings. The van der Waals surface area contributed by atoms with Crippen LogP contribution in [0.5, 0.6) is 0 Å². The lowest BCUT2D eigenvalue weighted by atomic mass is 9.95. The van der Waals surface area contributed by atoms with Gasteiger partial charge in [-0.25, -0.2) is 9.97 Å². The van der Waals surface area contributed by atoms with Crippen LogP contribution in [0.1, 0.15) is 17.2 Å². The number of aryl methyl sites for hydroxylation is 2. The van der Waals surface area contributed by atoms with Crippen LogP contribution in [0, 0.1) is 19.8 Å². The molecule has 0 bridgehead atoms. The standard InChI is InChI=1S/C13H19N5/c1-8-12-13(14)15-5-11(18(12)9(2)16-8)4-10-6-17(3)7-10/h5,10H,4,6-7H2,1-3H3,(H2,14,15). The Hall–Kier alpha value is -1.62. The van der Waals surface area contributed by atoms with E-state index in [1.807, 2.05) is 20.0 Å². The fraction of sp³-hybridized carbons (Fsp3) is 0.538. The van der Waals surface area contributed by atoms with Gasteiger partial charge < -0.3 is 10.6 Å². The number of hydrogen-bond donors (Lipinski definition) is 1. The van der Waals surface area contributed by atoms with Crippen molar-refractivity contribution in [3.05, 3.63) is 23.4 Å². The molecule has 3 heterocycles. The monoisotopic (exact) mass is 245 g/mol. The van der Waals surface area contributed by atoms with Crippen molar-refractivity contribution in [2.24, 2.45) is 5.92 Å². The van der Waals surface area contributed by atoms with Gasteiger partial charge in [0.15, 0.2) is 0 Å². The molecule has 0 spiro atoms. The maximum absolute atomic E-state index is 5.96. The smallest absolute Gasteiger partial charge is 0.149 e. The van der Waals surface area contributed by atoms with Gasteiger partial charge in [-0.05, 0) is 33.2 Å². The summed E-state index contributed by atoms with van der Waals surface area (Å²) in [5, 5.41) is 0. The molecule has 5 heteroatoms. The van der Waals surface area contributed by atoms with E-state index in [9.17, 15) is 0 Å². The summed E-state index contributed by atoms with van der Waals surface area (Å²) in [7, 11) is 2.15. The van der Waals surface area contributed by atoms with Gasteiger partial charge in [-0.2, -0.15) is 0 Å². The van der Waals surface area contributed by atoms with Crippen molar-refractivity contribution in [2.45, 2.75) is 20.3 Å². The van der Waals surface area contributed by atoms with Crippen LogP contribution in [0.4, 0.5) is 5.82 Å². The quantitative estimate of drug-likeness (QED) is 0.858. The Bertz CT molecular complexity index is 595. The Kier molecular flexibility index (Phi) is 2.52. The van der Waals surface area contributed by atoms with E-state index in [-0.39, 0.29) is 0 Å². The van der Waals surface area contributed by atoms with Crippen LogP contribution in [0.15, 0.2) is 6.20 Å². The molecule has 0 unspecified atom stereocenters. The average Bonchev–Trinajstić information content (AvgIpc) is 2.57. The SMILES string of the molecule is Cc1nc(C)n2c(CC3CN(C)C3)cnc(N)c12. The van der Waals surface area contributed by atoms with Crippen molar-refractivity contribution in [3.63, 3.8) is 0 Å². The molecular formula is C13H19N5. The van der Waals surface area contributed by atoms with Gasteiger partial charge in [-0.15, -0.1) is 0 Å². The zero-order valence-electron chi connectivity index (χ0n) is 11.1. The van der Waals surface area contributed by atoms with Crippen molar-refractivity contribution >= 4 is 11.3 Å². The summed E-state index contributed by atoms with van der Waals surface area (Å²) in [6.45, 7) is 6.34. The molecule has 1 aliphatic heterocycles. The molecule has 96 valence electrons. The molecule has 3 rings (SSSR count). The highest BCUT2D eigenvalue weighted by molar-refractivity contribution is 5.69. The number of rotatable bonds is 2. The van der Waals surface area contributed by atoms with E-state index in [4.69, 9.17) is 5.73 Å². The number of hydrogen-bond acceptors (Lipinski definition) is 4. The molecule has 0 aliphatic carbocycles. The normalized spacial score (nSPS) is 17.3. The van der Waals surface area contributed by atoms with Crippen LogP contribution >= 0.6 is 0 Å². The van der Waals surface area contributed by atoms with Crippen LogP contribution in [0.3, 0.4) is 0 Å². The van der Waals surface area contributed by atoms with Crippen molar-refractivity contribution in [1.29, 1.82) is 0 Å². The molecular weight excluding hydrogens is 226 g/mol. The first-order valence-electron chi connectivity index (χ1n) is 6.34. The predicted molar refractivity (Wildman–Crippen MR) is 71.6 cm³/mol. The molecule has 0 amide bonds. The van der Waals surface area contributed by atoms with E-state index >= 15 is 0 Å². The maximum Gasteiger partial charge on any atom is 0.149 e. The second kappa shape index (κ2) is 3.95. The number of aromatic nitrogens is 3. The van der Waals surface area contributed by atoms with E-state index < -0.39 is 0 Å². The molecule has 5 nitrogen and oxygen atoms in total. The number of anilines is 1. The van der Waals surface area contributed by atoms with Crippen molar-refractivity contribution in [2.75, 3.05) is 25.9 Å². The Morgan fingerprint density at radius 1 is 1.39 bits per heavy atom. The molecule has 0 saturated carbocycles. The minimum atomic E-state index is 0.572. The fourth-order valence-electron chi connectivity index (χ4n) is 2.98. The van der Waals surface area contributed by atoms with Crippen LogP contribution in [-0.4, -0.2) is 39.4 Å². The van der Waals surface area contributed by atoms with Gasteiger partial charge in [-0.1, -0.05) is 0 Å². The highest BCUT2D eigenvalue weighted by Gasteiger charge is 2.25. The number of fused-ring (bicyclic) bond motifs is 1. The van der Waals surface area contributed by atoms with E-state index in [0.717, 1.165) is 29.4 Å². The Morgan fingerprint density at radius 2 is 2.11 bits per heavy atom. The third kappa shape index (κ3) is 1.66. The zero-order valence-corrected chi connectivity index (χ0v) is 11.1. The number of likely N-dealkylation sites (tertiary alicyclic amines) is 1. The first-order chi connectivity index (χ1) is 8.56. The number of nitrogens with two attached hydrogens (primary N) is 1. The molecule has 2 aromatic heterocycles. The first kappa shape index (κ1) is 11.5. The van der Waals surface area contributed by atoms with E-state index in [1.54, 1.807) is 0 Å². The number of nitrogen functional groups attached to an aromatic ring is 1. The van der Waals surface area contributed by atoms with Crippen molar-refractivity contribution in [3.8, 4) is 0 Å². The zero-order chi connectivity index (χ0) is 12.9. The van der Waals surface area contributed by atoms with E-state index in [1.165, 1.54) is 18.8 Å². The van der Waals surface area contributed by atoms with Gasteiger partial charge in [0.05, 0.1) is 5.69 Å². The lowest BCUT2D eigenvalue weighted by molar-refractivity contribution is 0.133. The van der Waals surface area contributed by atoms with Gasteiger partial charge in [0.2, 0.25) is 0 Å². The minimum Gasteiger partial charge on any atom is -0.382 e. The summed E-state index contributed by atoms with van der Waals surface area (Å²) >= 11 is 0. The van der Waals surface area contributed by atoms with Crippen LogP contribution in [0.2, 0.25) is 0 Å². The number of nitrogens with zero attached hydrogens (tertiary/aromatic N) is 4. The number of imidazole rings is 1. The van der Waals surface area contributed by atoms with Crippen LogP contribution in [-0.2, 0) is 6.42 Å². The molecule has 18 heavy (non-hydrogen) atoms. The molecule has 1 saturated heterocycles. The molecule has 1 aliphatic rings. The largest absolute Gasteiger partial charge is 0.382 e. The summed E-state index contributed by atoms with van der Waals surface area (Å²) in [6.07, 6.45) is 2.94. The molecule has 0 radical (unpaired) electrons. The van der Waals surface area contributed by atoms with E-state index in [0.29, 0.717) is 5.82 Å². The second-order valence-electron chi connectivity index (χ2n) is 5.35. The van der Waals surface area contributed by atoms with Crippen molar-refractivity contribution in [1.82, 2.24) is 19.3 Å². The molecule has 2 N–H and O–H groups in total. The predicted octanol–water partition coefficient (Wildman–Crippen LogP) is 1.03. The summed E-state index contributed by atoms with van der Waals surface area (Å²) in [5.74, 6) is 2.30. The van der Waals surface area contributed by atoms with Gasteiger partial charge >= 0.3 is 0 Å². The second-order valence-corrected chi connectivity index (χ2v) is 5.35. The lowest BCUT2D eigenvalue weighted by Gasteiger charge is -2.36. The van der Waals surface area contributed by atoms with Crippen molar-refractivity contribution < 1.29 is 0 Å².